The summed E-state index contributed by atoms with van der Waals surface area (Å²) in [5.74, 6) is 0.627. The van der Waals surface area contributed by atoms with Gasteiger partial charge in [0.15, 0.2) is 0 Å². The Morgan fingerprint density at radius 1 is 1.30 bits per heavy atom. The number of sulfonamides is 1. The summed E-state index contributed by atoms with van der Waals surface area (Å²) in [6.07, 6.45) is -0.382. The van der Waals surface area contributed by atoms with Gasteiger partial charge < -0.3 is 14.6 Å². The Morgan fingerprint density at radius 2 is 1.95 bits per heavy atom. The van der Waals surface area contributed by atoms with Gasteiger partial charge in [-0.15, -0.1) is 0 Å². The van der Waals surface area contributed by atoms with Crippen LogP contribution in [0.25, 0.3) is 0 Å². The van der Waals surface area contributed by atoms with Gasteiger partial charge in [-0.25, -0.2) is 13.1 Å². The van der Waals surface area contributed by atoms with Crippen LogP contribution >= 0.6 is 0 Å². The predicted octanol–water partition coefficient (Wildman–Crippen LogP) is 0.761. The van der Waals surface area contributed by atoms with Crippen molar-refractivity contribution in [1.82, 2.24) is 4.72 Å². The monoisotopic (exact) mass is 303 g/mol. The molecule has 0 fully saturated rings. The highest BCUT2D eigenvalue weighted by atomic mass is 32.2. The van der Waals surface area contributed by atoms with Gasteiger partial charge >= 0.3 is 0 Å². The molecule has 7 heteroatoms. The average molecular weight is 303 g/mol. The van der Waals surface area contributed by atoms with Crippen LogP contribution in [-0.4, -0.2) is 46.5 Å². The quantitative estimate of drug-likeness (QED) is 0.703. The van der Waals surface area contributed by atoms with Crippen molar-refractivity contribution in [2.75, 3.05) is 26.9 Å². The lowest BCUT2D eigenvalue weighted by Crippen LogP contribution is -2.28. The van der Waals surface area contributed by atoms with Gasteiger partial charge in [-0.05, 0) is 37.6 Å². The molecule has 6 nitrogen and oxygen atoms in total. The van der Waals surface area contributed by atoms with E-state index in [0.717, 1.165) is 0 Å². The van der Waals surface area contributed by atoms with E-state index in [4.69, 9.17) is 9.47 Å². The highest BCUT2D eigenvalue weighted by Gasteiger charge is 2.14. The predicted molar refractivity (Wildman–Crippen MR) is 75.3 cm³/mol. The minimum absolute atomic E-state index is 0.153. The third-order valence-corrected chi connectivity index (χ3v) is 4.05. The van der Waals surface area contributed by atoms with Crippen molar-refractivity contribution in [2.45, 2.75) is 24.3 Å². The van der Waals surface area contributed by atoms with Crippen LogP contribution in [0.15, 0.2) is 29.2 Å². The standard InChI is InChI=1S/C13H21NO5S/c1-3-19-12-4-6-13(7-5-12)20(16,17)14-9-8-11(15)10-18-2/h4-7,11,14-15H,3,8-10H2,1-2H3. The van der Waals surface area contributed by atoms with Crippen LogP contribution in [0.2, 0.25) is 0 Å². The van der Waals surface area contributed by atoms with E-state index in [9.17, 15) is 13.5 Å². The van der Waals surface area contributed by atoms with E-state index in [2.05, 4.69) is 4.72 Å². The van der Waals surface area contributed by atoms with Crippen molar-refractivity contribution >= 4 is 10.0 Å². The second-order valence-corrected chi connectivity index (χ2v) is 5.97. The smallest absolute Gasteiger partial charge is 0.240 e. The van der Waals surface area contributed by atoms with E-state index < -0.39 is 16.1 Å². The first-order valence-electron chi connectivity index (χ1n) is 6.39. The van der Waals surface area contributed by atoms with E-state index in [1.54, 1.807) is 12.1 Å². The Morgan fingerprint density at radius 3 is 2.50 bits per heavy atom. The fourth-order valence-electron chi connectivity index (χ4n) is 1.60. The Balaban J connectivity index is 2.55. The average Bonchev–Trinajstić information content (AvgIpc) is 2.40. The van der Waals surface area contributed by atoms with E-state index in [0.29, 0.717) is 18.8 Å². The fraction of sp³-hybridized carbons (Fsp3) is 0.538. The molecule has 0 spiro atoms. The number of hydrogen-bond acceptors (Lipinski definition) is 5. The molecule has 1 rings (SSSR count). The van der Waals surface area contributed by atoms with E-state index in [1.807, 2.05) is 6.92 Å². The summed E-state index contributed by atoms with van der Waals surface area (Å²) in [5, 5.41) is 9.44. The number of methoxy groups -OCH3 is 1. The summed E-state index contributed by atoms with van der Waals surface area (Å²) < 4.78 is 36.4. The van der Waals surface area contributed by atoms with Crippen LogP contribution in [-0.2, 0) is 14.8 Å². The molecule has 0 aliphatic rings. The maximum absolute atomic E-state index is 12.0. The third kappa shape index (κ3) is 5.46. The molecule has 0 saturated heterocycles. The number of aliphatic hydroxyl groups excluding tert-OH is 1. The van der Waals surface area contributed by atoms with Crippen molar-refractivity contribution in [3.05, 3.63) is 24.3 Å². The lowest BCUT2D eigenvalue weighted by molar-refractivity contribution is 0.0603. The molecule has 0 aromatic heterocycles. The molecule has 1 aromatic rings. The molecular formula is C13H21NO5S. The largest absolute Gasteiger partial charge is 0.494 e. The van der Waals surface area contributed by atoms with E-state index in [-0.39, 0.29) is 18.0 Å². The molecule has 0 amide bonds. The fourth-order valence-corrected chi connectivity index (χ4v) is 2.65. The summed E-state index contributed by atoms with van der Waals surface area (Å²) in [6, 6.07) is 6.19. The molecule has 1 aromatic carbocycles. The highest BCUT2D eigenvalue weighted by Crippen LogP contribution is 2.15. The van der Waals surface area contributed by atoms with Crippen LogP contribution in [0.5, 0.6) is 5.75 Å². The molecular weight excluding hydrogens is 282 g/mol. The maximum atomic E-state index is 12.0. The second kappa shape index (κ2) is 8.21. The maximum Gasteiger partial charge on any atom is 0.240 e. The zero-order valence-electron chi connectivity index (χ0n) is 11.7. The first kappa shape index (κ1) is 16.9. The summed E-state index contributed by atoms with van der Waals surface area (Å²) in [4.78, 5) is 0.169. The molecule has 20 heavy (non-hydrogen) atoms. The molecule has 114 valence electrons. The van der Waals surface area contributed by atoms with Gasteiger partial charge in [0.2, 0.25) is 10.0 Å². The normalized spacial score (nSPS) is 13.2. The lowest BCUT2D eigenvalue weighted by Gasteiger charge is -2.11. The second-order valence-electron chi connectivity index (χ2n) is 4.20. The molecule has 0 radical (unpaired) electrons. The first-order chi connectivity index (χ1) is 9.49. The van der Waals surface area contributed by atoms with Gasteiger partial charge in [-0.3, -0.25) is 0 Å². The van der Waals surface area contributed by atoms with Gasteiger partial charge in [0.05, 0.1) is 24.2 Å². The van der Waals surface area contributed by atoms with Crippen LogP contribution < -0.4 is 9.46 Å². The van der Waals surface area contributed by atoms with Gasteiger partial charge in [0, 0.05) is 13.7 Å². The van der Waals surface area contributed by atoms with Crippen LogP contribution in [0.3, 0.4) is 0 Å². The first-order valence-corrected chi connectivity index (χ1v) is 7.87. The molecule has 0 aliphatic carbocycles. The number of ether oxygens (including phenoxy) is 2. The highest BCUT2D eigenvalue weighted by molar-refractivity contribution is 7.89. The minimum Gasteiger partial charge on any atom is -0.494 e. The molecule has 2 N–H and O–H groups in total. The Hall–Kier alpha value is -1.15. The van der Waals surface area contributed by atoms with E-state index >= 15 is 0 Å². The van der Waals surface area contributed by atoms with Gasteiger partial charge in [-0.1, -0.05) is 0 Å². The van der Waals surface area contributed by atoms with E-state index in [1.165, 1.54) is 19.2 Å². The molecule has 0 saturated carbocycles. The van der Waals surface area contributed by atoms with Gasteiger partial charge in [-0.2, -0.15) is 0 Å². The van der Waals surface area contributed by atoms with Gasteiger partial charge in [0.1, 0.15) is 5.75 Å². The van der Waals surface area contributed by atoms with Crippen LogP contribution in [0.4, 0.5) is 0 Å². The van der Waals surface area contributed by atoms with Crippen molar-refractivity contribution in [2.24, 2.45) is 0 Å². The topological polar surface area (TPSA) is 84.9 Å². The summed E-state index contributed by atoms with van der Waals surface area (Å²) in [7, 11) is -2.08. The Kier molecular flexibility index (Phi) is 6.94. The molecule has 0 heterocycles. The molecule has 1 atom stereocenters. The van der Waals surface area contributed by atoms with Crippen LogP contribution in [0, 0.1) is 0 Å². The van der Waals surface area contributed by atoms with Gasteiger partial charge in [0.25, 0.3) is 0 Å². The number of benzene rings is 1. The number of aliphatic hydroxyl groups is 1. The third-order valence-electron chi connectivity index (χ3n) is 2.57. The number of rotatable bonds is 9. The lowest BCUT2D eigenvalue weighted by atomic mass is 10.3. The summed E-state index contributed by atoms with van der Waals surface area (Å²) in [6.45, 7) is 2.73. The Bertz CT molecular complexity index is 486. The SMILES string of the molecule is CCOc1ccc(S(=O)(=O)NCCC(O)COC)cc1. The summed E-state index contributed by atoms with van der Waals surface area (Å²) in [5.41, 5.74) is 0. The minimum atomic E-state index is -3.56. The van der Waals surface area contributed by atoms with Crippen molar-refractivity contribution < 1.29 is 23.0 Å². The van der Waals surface area contributed by atoms with Crippen molar-refractivity contribution in [3.8, 4) is 5.75 Å². The zero-order chi connectivity index (χ0) is 15.0. The number of nitrogens with one attached hydrogen (secondary N) is 1. The van der Waals surface area contributed by atoms with Crippen molar-refractivity contribution in [1.29, 1.82) is 0 Å². The van der Waals surface area contributed by atoms with Crippen molar-refractivity contribution in [3.63, 3.8) is 0 Å². The summed E-state index contributed by atoms with van der Waals surface area (Å²) >= 11 is 0. The van der Waals surface area contributed by atoms with Crippen LogP contribution in [0.1, 0.15) is 13.3 Å². The molecule has 0 bridgehead atoms. The molecule has 0 aliphatic heterocycles. The zero-order valence-corrected chi connectivity index (χ0v) is 12.5. The molecule has 1 unspecified atom stereocenters. The Labute approximate surface area is 119 Å². The number of hydrogen-bond donors (Lipinski definition) is 2.